The van der Waals surface area contributed by atoms with Crippen LogP contribution in [0.3, 0.4) is 0 Å². The van der Waals surface area contributed by atoms with Crippen molar-refractivity contribution < 1.29 is 4.79 Å². The van der Waals surface area contributed by atoms with Crippen LogP contribution in [0.4, 0.5) is 0 Å². The zero-order valence-electron chi connectivity index (χ0n) is 13.5. The van der Waals surface area contributed by atoms with Gasteiger partial charge in [-0.05, 0) is 19.3 Å². The van der Waals surface area contributed by atoms with Crippen molar-refractivity contribution in [1.29, 1.82) is 0 Å². The Hall–Kier alpha value is -0.370. The molecule has 0 aromatic carbocycles. The van der Waals surface area contributed by atoms with E-state index < -0.39 is 0 Å². The lowest BCUT2D eigenvalue weighted by Gasteiger charge is -2.19. The number of hydrogen-bond donors (Lipinski definition) is 1. The fourth-order valence-electron chi connectivity index (χ4n) is 3.35. The molecule has 0 aliphatic heterocycles. The summed E-state index contributed by atoms with van der Waals surface area (Å²) in [6, 6.07) is 0.138. The topological polar surface area (TPSA) is 43.1 Å². The first kappa shape index (κ1) is 17.7. The van der Waals surface area contributed by atoms with Gasteiger partial charge >= 0.3 is 0 Å². The molecule has 0 bridgehead atoms. The predicted octanol–water partition coefficient (Wildman–Crippen LogP) is 4.99. The molecule has 2 unspecified atom stereocenters. The van der Waals surface area contributed by atoms with Crippen molar-refractivity contribution in [3.8, 4) is 0 Å². The van der Waals surface area contributed by atoms with Gasteiger partial charge in [-0.3, -0.25) is 4.79 Å². The molecule has 0 saturated heterocycles. The van der Waals surface area contributed by atoms with Crippen molar-refractivity contribution in [2.45, 2.75) is 103 Å². The third-order valence-corrected chi connectivity index (χ3v) is 4.76. The summed E-state index contributed by atoms with van der Waals surface area (Å²) in [5.74, 6) is 0.618. The van der Waals surface area contributed by atoms with Gasteiger partial charge in [0.1, 0.15) is 5.78 Å². The zero-order valence-corrected chi connectivity index (χ0v) is 13.5. The van der Waals surface area contributed by atoms with Crippen LogP contribution < -0.4 is 5.73 Å². The summed E-state index contributed by atoms with van der Waals surface area (Å²) in [5, 5.41) is 0. The SMILES string of the molecule is CCCCCCCCCCC(=O)C1CCCCCC1N. The summed E-state index contributed by atoms with van der Waals surface area (Å²) in [5.41, 5.74) is 6.16. The Morgan fingerprint density at radius 2 is 1.50 bits per heavy atom. The highest BCUT2D eigenvalue weighted by molar-refractivity contribution is 5.81. The molecule has 1 aliphatic rings. The normalized spacial score (nSPS) is 23.5. The minimum atomic E-state index is 0.138. The van der Waals surface area contributed by atoms with Crippen molar-refractivity contribution in [2.24, 2.45) is 11.7 Å². The Labute approximate surface area is 125 Å². The summed E-state index contributed by atoms with van der Waals surface area (Å²) < 4.78 is 0. The fraction of sp³-hybridized carbons (Fsp3) is 0.944. The highest BCUT2D eigenvalue weighted by atomic mass is 16.1. The number of Topliss-reactive ketones (excluding diaryl/α,β-unsaturated/α-hetero) is 1. The Bertz CT molecular complexity index is 252. The molecule has 118 valence electrons. The third kappa shape index (κ3) is 7.42. The lowest BCUT2D eigenvalue weighted by Crippen LogP contribution is -2.34. The van der Waals surface area contributed by atoms with Crippen molar-refractivity contribution in [1.82, 2.24) is 0 Å². The third-order valence-electron chi connectivity index (χ3n) is 4.76. The standard InChI is InChI=1S/C18H35NO/c1-2-3-4-5-6-7-8-12-15-18(20)16-13-10-9-11-14-17(16)19/h16-17H,2-15,19H2,1H3. The van der Waals surface area contributed by atoms with Crippen LogP contribution in [-0.2, 0) is 4.79 Å². The summed E-state index contributed by atoms with van der Waals surface area (Å²) in [4.78, 5) is 12.3. The van der Waals surface area contributed by atoms with E-state index >= 15 is 0 Å². The van der Waals surface area contributed by atoms with E-state index in [0.717, 1.165) is 25.7 Å². The molecule has 0 amide bonds. The van der Waals surface area contributed by atoms with Crippen LogP contribution in [0.15, 0.2) is 0 Å². The first-order chi connectivity index (χ1) is 9.75. The molecule has 20 heavy (non-hydrogen) atoms. The molecule has 1 fully saturated rings. The molecule has 0 heterocycles. The van der Waals surface area contributed by atoms with E-state index in [2.05, 4.69) is 6.92 Å². The molecular formula is C18H35NO. The van der Waals surface area contributed by atoms with E-state index in [9.17, 15) is 4.79 Å². The minimum Gasteiger partial charge on any atom is -0.327 e. The van der Waals surface area contributed by atoms with Crippen molar-refractivity contribution in [3.05, 3.63) is 0 Å². The Balaban J connectivity index is 2.04. The molecule has 2 heteroatoms. The second-order valence-electron chi connectivity index (χ2n) is 6.60. The van der Waals surface area contributed by atoms with Gasteiger partial charge in [0, 0.05) is 18.4 Å². The zero-order chi connectivity index (χ0) is 14.6. The molecule has 2 nitrogen and oxygen atoms in total. The van der Waals surface area contributed by atoms with E-state index in [-0.39, 0.29) is 12.0 Å². The van der Waals surface area contributed by atoms with Gasteiger partial charge in [0.25, 0.3) is 0 Å². The van der Waals surface area contributed by atoms with Crippen LogP contribution >= 0.6 is 0 Å². The number of carbonyl (C=O) groups is 1. The lowest BCUT2D eigenvalue weighted by molar-refractivity contribution is -0.123. The lowest BCUT2D eigenvalue weighted by atomic mass is 9.88. The van der Waals surface area contributed by atoms with Crippen LogP contribution in [0.2, 0.25) is 0 Å². The quantitative estimate of drug-likeness (QED) is 0.452. The van der Waals surface area contributed by atoms with Crippen molar-refractivity contribution in [2.75, 3.05) is 0 Å². The van der Waals surface area contributed by atoms with Crippen molar-refractivity contribution >= 4 is 5.78 Å². The summed E-state index contributed by atoms with van der Waals surface area (Å²) in [6.07, 6.45) is 16.9. The monoisotopic (exact) mass is 281 g/mol. The molecule has 1 saturated carbocycles. The average molecular weight is 281 g/mol. The van der Waals surface area contributed by atoms with E-state index in [1.165, 1.54) is 64.2 Å². The average Bonchev–Trinajstić information content (AvgIpc) is 2.66. The molecule has 0 aromatic heterocycles. The van der Waals surface area contributed by atoms with Crippen LogP contribution in [-0.4, -0.2) is 11.8 Å². The summed E-state index contributed by atoms with van der Waals surface area (Å²) >= 11 is 0. The summed E-state index contributed by atoms with van der Waals surface area (Å²) in [7, 11) is 0. The fourth-order valence-corrected chi connectivity index (χ4v) is 3.35. The Morgan fingerprint density at radius 1 is 0.900 bits per heavy atom. The second-order valence-corrected chi connectivity index (χ2v) is 6.60. The molecule has 1 aliphatic carbocycles. The minimum absolute atomic E-state index is 0.138. The van der Waals surface area contributed by atoms with Gasteiger partial charge in [0.2, 0.25) is 0 Å². The highest BCUT2D eigenvalue weighted by Gasteiger charge is 2.26. The Morgan fingerprint density at radius 3 is 2.20 bits per heavy atom. The number of ketones is 1. The maximum Gasteiger partial charge on any atom is 0.137 e. The number of hydrogen-bond acceptors (Lipinski definition) is 2. The van der Waals surface area contributed by atoms with Gasteiger partial charge in [0.05, 0.1) is 0 Å². The van der Waals surface area contributed by atoms with E-state index in [1.807, 2.05) is 0 Å². The first-order valence-corrected chi connectivity index (χ1v) is 9.04. The molecular weight excluding hydrogens is 246 g/mol. The van der Waals surface area contributed by atoms with Crippen LogP contribution in [0, 0.1) is 5.92 Å². The molecule has 0 radical (unpaired) electrons. The number of carbonyl (C=O) groups excluding carboxylic acids is 1. The summed E-state index contributed by atoms with van der Waals surface area (Å²) in [6.45, 7) is 2.25. The van der Waals surface area contributed by atoms with Gasteiger partial charge in [-0.15, -0.1) is 0 Å². The smallest absolute Gasteiger partial charge is 0.137 e. The maximum absolute atomic E-state index is 12.3. The van der Waals surface area contributed by atoms with E-state index in [0.29, 0.717) is 5.78 Å². The number of unbranched alkanes of at least 4 members (excludes halogenated alkanes) is 7. The molecule has 0 spiro atoms. The molecule has 1 rings (SSSR count). The van der Waals surface area contributed by atoms with Crippen molar-refractivity contribution in [3.63, 3.8) is 0 Å². The van der Waals surface area contributed by atoms with E-state index in [1.54, 1.807) is 0 Å². The van der Waals surface area contributed by atoms with Gasteiger partial charge in [-0.2, -0.15) is 0 Å². The molecule has 2 atom stereocenters. The van der Waals surface area contributed by atoms with Gasteiger partial charge < -0.3 is 5.73 Å². The Kier molecular flexibility index (Phi) is 10.00. The molecule has 2 N–H and O–H groups in total. The van der Waals surface area contributed by atoms with Crippen LogP contribution in [0.5, 0.6) is 0 Å². The first-order valence-electron chi connectivity index (χ1n) is 9.04. The largest absolute Gasteiger partial charge is 0.327 e. The van der Waals surface area contributed by atoms with E-state index in [4.69, 9.17) is 5.73 Å². The second kappa shape index (κ2) is 11.3. The van der Waals surface area contributed by atoms with Crippen LogP contribution in [0.1, 0.15) is 96.8 Å². The maximum atomic E-state index is 12.3. The predicted molar refractivity (Wildman–Crippen MR) is 86.8 cm³/mol. The number of nitrogens with two attached hydrogens (primary N) is 1. The van der Waals surface area contributed by atoms with Gasteiger partial charge in [0.15, 0.2) is 0 Å². The van der Waals surface area contributed by atoms with Gasteiger partial charge in [-0.1, -0.05) is 71.1 Å². The highest BCUT2D eigenvalue weighted by Crippen LogP contribution is 2.24. The number of rotatable bonds is 10. The van der Waals surface area contributed by atoms with Crippen LogP contribution in [0.25, 0.3) is 0 Å². The molecule has 0 aromatic rings. The van der Waals surface area contributed by atoms with Gasteiger partial charge in [-0.25, -0.2) is 0 Å².